The minimum atomic E-state index is -4.49. The number of hydrogen-bond donors (Lipinski definition) is 1. The largest absolute Gasteiger partial charge is 0.494 e. The molecule has 0 saturated carbocycles. The van der Waals surface area contributed by atoms with E-state index in [2.05, 4.69) is 24.3 Å². The van der Waals surface area contributed by atoms with Gasteiger partial charge in [0, 0.05) is 24.4 Å². The van der Waals surface area contributed by atoms with Gasteiger partial charge in [-0.1, -0.05) is 45.2 Å². The molecule has 1 amide bonds. The van der Waals surface area contributed by atoms with Crippen molar-refractivity contribution in [2.24, 2.45) is 0 Å². The van der Waals surface area contributed by atoms with Crippen LogP contribution >= 0.6 is 0 Å². The van der Waals surface area contributed by atoms with Crippen molar-refractivity contribution >= 4 is 5.91 Å². The predicted molar refractivity (Wildman–Crippen MR) is 136 cm³/mol. The van der Waals surface area contributed by atoms with Gasteiger partial charge < -0.3 is 14.8 Å². The average Bonchev–Trinajstić information content (AvgIpc) is 3.36. The van der Waals surface area contributed by atoms with Crippen LogP contribution in [0.25, 0.3) is 5.69 Å². The van der Waals surface area contributed by atoms with Crippen molar-refractivity contribution in [2.75, 3.05) is 13.7 Å². The second-order valence-corrected chi connectivity index (χ2v) is 8.94. The first-order valence-corrected chi connectivity index (χ1v) is 12.5. The number of nitrogens with one attached hydrogen (secondary N) is 1. The van der Waals surface area contributed by atoms with E-state index in [1.54, 1.807) is 31.2 Å². The lowest BCUT2D eigenvalue weighted by atomic mass is 10.0. The molecule has 0 spiro atoms. The maximum absolute atomic E-state index is 13.1. The second-order valence-electron chi connectivity index (χ2n) is 8.94. The molecule has 1 aromatic heterocycles. The van der Waals surface area contributed by atoms with Crippen molar-refractivity contribution in [3.63, 3.8) is 0 Å². The Morgan fingerprint density at radius 3 is 2.43 bits per heavy atom. The number of amides is 1. The number of carbonyl (C=O) groups is 1. The van der Waals surface area contributed by atoms with Gasteiger partial charge in [-0.25, -0.2) is 4.68 Å². The van der Waals surface area contributed by atoms with Gasteiger partial charge in [-0.2, -0.15) is 18.3 Å². The number of aromatic nitrogens is 2. The van der Waals surface area contributed by atoms with Crippen LogP contribution < -0.4 is 14.8 Å². The normalized spacial score (nSPS) is 12.3. The molecular weight excluding hydrogens is 483 g/mol. The Morgan fingerprint density at radius 2 is 1.84 bits per heavy atom. The fourth-order valence-corrected chi connectivity index (χ4v) is 4.07. The van der Waals surface area contributed by atoms with E-state index in [-0.39, 0.29) is 12.0 Å². The smallest absolute Gasteiger partial charge is 0.419 e. The number of halogens is 3. The van der Waals surface area contributed by atoms with Crippen molar-refractivity contribution in [3.05, 3.63) is 71.0 Å². The molecule has 1 N–H and O–H groups in total. The van der Waals surface area contributed by atoms with Crippen molar-refractivity contribution < 1.29 is 27.4 Å². The summed E-state index contributed by atoms with van der Waals surface area (Å²) in [4.78, 5) is 12.4. The number of aryl methyl sites for hydroxylation is 1. The van der Waals surface area contributed by atoms with Crippen molar-refractivity contribution in [3.8, 4) is 17.2 Å². The number of benzene rings is 2. The van der Waals surface area contributed by atoms with Gasteiger partial charge in [-0.3, -0.25) is 4.79 Å². The molecule has 0 radical (unpaired) electrons. The third-order valence-electron chi connectivity index (χ3n) is 6.04. The van der Waals surface area contributed by atoms with E-state index in [9.17, 15) is 18.0 Å². The third-order valence-corrected chi connectivity index (χ3v) is 6.04. The topological polar surface area (TPSA) is 65.4 Å². The van der Waals surface area contributed by atoms with Crippen molar-refractivity contribution in [1.29, 1.82) is 0 Å². The van der Waals surface area contributed by atoms with Gasteiger partial charge in [0.25, 0.3) is 5.91 Å². The van der Waals surface area contributed by atoms with Crippen LogP contribution in [0, 0.1) is 6.92 Å². The molecule has 1 atom stereocenters. The molecular formula is C28H34F3N3O3. The fourth-order valence-electron chi connectivity index (χ4n) is 4.07. The van der Waals surface area contributed by atoms with Gasteiger partial charge in [0.1, 0.15) is 23.3 Å². The summed E-state index contributed by atoms with van der Waals surface area (Å²) in [5, 5.41) is 6.82. The van der Waals surface area contributed by atoms with Gasteiger partial charge in [-0.05, 0) is 49.1 Å². The van der Waals surface area contributed by atoms with Crippen LogP contribution in [0.2, 0.25) is 0 Å². The Labute approximate surface area is 215 Å². The molecule has 3 aromatic rings. The first kappa shape index (κ1) is 28.1. The highest BCUT2D eigenvalue weighted by atomic mass is 19.4. The Morgan fingerprint density at radius 1 is 1.11 bits per heavy atom. The number of nitrogens with zero attached hydrogens (tertiary/aromatic N) is 2. The lowest BCUT2D eigenvalue weighted by molar-refractivity contribution is -0.137. The maximum Gasteiger partial charge on any atom is 0.419 e. The van der Waals surface area contributed by atoms with E-state index in [0.29, 0.717) is 34.9 Å². The standard InChI is InChI=1S/C28H34F3N3O3/c1-5-7-8-14-32-27(35)21-12-10-20(11-13-21)24(9-6-2)37-23-15-19(3)26(25(16-23)36-4)34-18-22(17-33-34)28(29,30)31/h10-13,15-18,24H,5-9,14H2,1-4H3,(H,32,35). The zero-order valence-electron chi connectivity index (χ0n) is 21.7. The van der Waals surface area contributed by atoms with Crippen molar-refractivity contribution in [2.45, 2.75) is 65.2 Å². The maximum atomic E-state index is 13.1. The number of rotatable bonds is 12. The van der Waals surface area contributed by atoms with Gasteiger partial charge in [0.05, 0.1) is 18.9 Å². The molecule has 37 heavy (non-hydrogen) atoms. The van der Waals surface area contributed by atoms with Crippen LogP contribution in [0.1, 0.15) is 79.1 Å². The molecule has 0 aliphatic rings. The summed E-state index contributed by atoms with van der Waals surface area (Å²) >= 11 is 0. The van der Waals surface area contributed by atoms with Crippen LogP contribution in [0.4, 0.5) is 13.2 Å². The van der Waals surface area contributed by atoms with Crippen LogP contribution in [0.5, 0.6) is 11.5 Å². The number of ether oxygens (including phenoxy) is 2. The first-order valence-electron chi connectivity index (χ1n) is 12.5. The van der Waals surface area contributed by atoms with Gasteiger partial charge in [0.15, 0.2) is 0 Å². The summed E-state index contributed by atoms with van der Waals surface area (Å²) in [6, 6.07) is 10.8. The van der Waals surface area contributed by atoms with E-state index in [1.165, 1.54) is 7.11 Å². The molecule has 0 saturated heterocycles. The van der Waals surface area contributed by atoms with E-state index >= 15 is 0 Å². The lowest BCUT2D eigenvalue weighted by Gasteiger charge is -2.21. The van der Waals surface area contributed by atoms with E-state index in [0.717, 1.165) is 54.7 Å². The Hall–Kier alpha value is -3.49. The number of carbonyl (C=O) groups excluding carboxylic acids is 1. The van der Waals surface area contributed by atoms with Crippen LogP contribution in [-0.4, -0.2) is 29.3 Å². The van der Waals surface area contributed by atoms with E-state index in [4.69, 9.17) is 9.47 Å². The summed E-state index contributed by atoms with van der Waals surface area (Å²) in [6.07, 6.45) is 1.70. The second kappa shape index (κ2) is 12.7. The molecule has 9 heteroatoms. The summed E-state index contributed by atoms with van der Waals surface area (Å²) in [5.74, 6) is 0.772. The van der Waals surface area contributed by atoms with Crippen LogP contribution in [-0.2, 0) is 6.18 Å². The summed E-state index contributed by atoms with van der Waals surface area (Å²) in [5.41, 5.74) is 1.74. The molecule has 200 valence electrons. The molecule has 6 nitrogen and oxygen atoms in total. The zero-order valence-corrected chi connectivity index (χ0v) is 21.7. The molecule has 0 bridgehead atoms. The Bertz CT molecular complexity index is 1170. The summed E-state index contributed by atoms with van der Waals surface area (Å²) in [7, 11) is 1.45. The van der Waals surface area contributed by atoms with Gasteiger partial charge in [0.2, 0.25) is 0 Å². The molecule has 0 fully saturated rings. The molecule has 0 aliphatic carbocycles. The quantitative estimate of drug-likeness (QED) is 0.262. The monoisotopic (exact) mass is 517 g/mol. The molecule has 1 heterocycles. The highest BCUT2D eigenvalue weighted by Crippen LogP contribution is 2.36. The third kappa shape index (κ3) is 7.27. The highest BCUT2D eigenvalue weighted by Gasteiger charge is 2.32. The summed E-state index contributed by atoms with van der Waals surface area (Å²) < 4.78 is 52.2. The lowest BCUT2D eigenvalue weighted by Crippen LogP contribution is -2.24. The Balaban J connectivity index is 1.80. The molecule has 1 unspecified atom stereocenters. The summed E-state index contributed by atoms with van der Waals surface area (Å²) in [6.45, 7) is 6.60. The van der Waals surface area contributed by atoms with Crippen LogP contribution in [0.15, 0.2) is 48.8 Å². The SMILES string of the molecule is CCCCCNC(=O)c1ccc(C(CCC)Oc2cc(C)c(-n3cc(C(F)(F)F)cn3)c(OC)c2)cc1. The number of methoxy groups -OCH3 is 1. The zero-order chi connectivity index (χ0) is 27.0. The van der Waals surface area contributed by atoms with Gasteiger partial charge >= 0.3 is 6.18 Å². The number of hydrogen-bond acceptors (Lipinski definition) is 4. The van der Waals surface area contributed by atoms with Crippen molar-refractivity contribution in [1.82, 2.24) is 15.1 Å². The Kier molecular flexibility index (Phi) is 9.60. The minimum absolute atomic E-state index is 0.0983. The highest BCUT2D eigenvalue weighted by molar-refractivity contribution is 5.94. The first-order chi connectivity index (χ1) is 17.7. The van der Waals surface area contributed by atoms with Crippen LogP contribution in [0.3, 0.4) is 0 Å². The van der Waals surface area contributed by atoms with E-state index in [1.807, 2.05) is 12.1 Å². The molecule has 0 aliphatic heterocycles. The fraction of sp³-hybridized carbons (Fsp3) is 0.429. The number of alkyl halides is 3. The average molecular weight is 518 g/mol. The molecule has 2 aromatic carbocycles. The number of unbranched alkanes of at least 4 members (excludes halogenated alkanes) is 2. The predicted octanol–water partition coefficient (Wildman–Crippen LogP) is 7.05. The van der Waals surface area contributed by atoms with E-state index < -0.39 is 11.7 Å². The minimum Gasteiger partial charge on any atom is -0.494 e. The molecule has 3 rings (SSSR count). The van der Waals surface area contributed by atoms with Gasteiger partial charge in [-0.15, -0.1) is 0 Å².